The zero-order valence-electron chi connectivity index (χ0n) is 8.14. The van der Waals surface area contributed by atoms with Gasteiger partial charge in [0, 0.05) is 7.11 Å². The molecule has 0 amide bonds. The molecule has 0 aliphatic heterocycles. The molecule has 0 saturated carbocycles. The van der Waals surface area contributed by atoms with Gasteiger partial charge in [-0.1, -0.05) is 30.3 Å². The van der Waals surface area contributed by atoms with Crippen LogP contribution in [0.4, 0.5) is 0 Å². The Bertz CT molecular complexity index is 256. The highest BCUT2D eigenvalue weighted by Crippen LogP contribution is 2.17. The van der Waals surface area contributed by atoms with E-state index in [2.05, 4.69) is 0 Å². The quantitative estimate of drug-likeness (QED) is 0.788. The second kappa shape index (κ2) is 5.98. The van der Waals surface area contributed by atoms with Gasteiger partial charge in [-0.25, -0.2) is 0 Å². The second-order valence-electron chi connectivity index (χ2n) is 3.11. The first-order valence-corrected chi connectivity index (χ1v) is 4.17. The molecule has 14 heavy (non-hydrogen) atoms. The van der Waals surface area contributed by atoms with E-state index in [0.29, 0.717) is 6.61 Å². The average molecular weight is 218 g/mol. The third-order valence-corrected chi connectivity index (χ3v) is 2.03. The van der Waals surface area contributed by atoms with Crippen molar-refractivity contribution < 1.29 is 9.84 Å². The minimum atomic E-state index is -0.782. The first kappa shape index (κ1) is 13.4. The molecule has 0 saturated heterocycles. The molecule has 1 unspecified atom stereocenters. The molecule has 0 spiro atoms. The summed E-state index contributed by atoms with van der Waals surface area (Å²) in [7, 11) is 1.57. The predicted molar refractivity (Wildman–Crippen MR) is 58.5 cm³/mol. The first-order valence-electron chi connectivity index (χ1n) is 4.17. The maximum atomic E-state index is 9.16. The molecule has 4 heteroatoms. The molecule has 0 aliphatic carbocycles. The molecule has 0 aliphatic rings. The van der Waals surface area contributed by atoms with Crippen molar-refractivity contribution in [2.75, 3.05) is 20.3 Å². The van der Waals surface area contributed by atoms with Crippen LogP contribution < -0.4 is 5.73 Å². The lowest BCUT2D eigenvalue weighted by atomic mass is 9.93. The summed E-state index contributed by atoms with van der Waals surface area (Å²) in [4.78, 5) is 0. The number of rotatable bonds is 4. The first-order chi connectivity index (χ1) is 6.23. The molecule has 1 aromatic carbocycles. The van der Waals surface area contributed by atoms with E-state index in [1.807, 2.05) is 30.3 Å². The molecule has 3 N–H and O–H groups in total. The molecule has 1 rings (SSSR count). The van der Waals surface area contributed by atoms with Crippen LogP contribution in [-0.2, 0) is 10.3 Å². The third-order valence-electron chi connectivity index (χ3n) is 2.03. The van der Waals surface area contributed by atoms with Crippen molar-refractivity contribution >= 4 is 12.4 Å². The number of benzene rings is 1. The highest BCUT2D eigenvalue weighted by molar-refractivity contribution is 5.85. The minimum absolute atomic E-state index is 0. The van der Waals surface area contributed by atoms with E-state index >= 15 is 0 Å². The Kier molecular flexibility index (Phi) is 5.72. The number of hydrogen-bond acceptors (Lipinski definition) is 3. The van der Waals surface area contributed by atoms with Crippen LogP contribution in [0.3, 0.4) is 0 Å². The van der Waals surface area contributed by atoms with Gasteiger partial charge in [-0.05, 0) is 5.56 Å². The van der Waals surface area contributed by atoms with Crippen LogP contribution in [0.1, 0.15) is 5.56 Å². The summed E-state index contributed by atoms with van der Waals surface area (Å²) in [6, 6.07) is 9.46. The van der Waals surface area contributed by atoms with E-state index in [0.717, 1.165) is 5.56 Å². The Morgan fingerprint density at radius 1 is 1.36 bits per heavy atom. The van der Waals surface area contributed by atoms with Gasteiger partial charge in [-0.2, -0.15) is 0 Å². The maximum absolute atomic E-state index is 9.16. The number of methoxy groups -OCH3 is 1. The lowest BCUT2D eigenvalue weighted by Crippen LogP contribution is -2.44. The molecule has 0 heterocycles. The number of aliphatic hydroxyl groups excluding tert-OH is 1. The normalized spacial score (nSPS) is 14.2. The summed E-state index contributed by atoms with van der Waals surface area (Å²) >= 11 is 0. The van der Waals surface area contributed by atoms with Gasteiger partial charge in [-0.3, -0.25) is 0 Å². The van der Waals surface area contributed by atoms with Crippen LogP contribution in [0.25, 0.3) is 0 Å². The lowest BCUT2D eigenvalue weighted by molar-refractivity contribution is 0.0858. The fraction of sp³-hybridized carbons (Fsp3) is 0.400. The highest BCUT2D eigenvalue weighted by Gasteiger charge is 2.25. The van der Waals surface area contributed by atoms with Crippen molar-refractivity contribution in [1.82, 2.24) is 0 Å². The number of ether oxygens (including phenoxy) is 1. The van der Waals surface area contributed by atoms with Gasteiger partial charge in [0.2, 0.25) is 0 Å². The van der Waals surface area contributed by atoms with Crippen LogP contribution in [0, 0.1) is 0 Å². The zero-order chi connectivity index (χ0) is 9.73. The summed E-state index contributed by atoms with van der Waals surface area (Å²) in [6.07, 6.45) is 0. The molecule has 0 fully saturated rings. The molecule has 3 nitrogen and oxygen atoms in total. The Morgan fingerprint density at radius 2 is 1.93 bits per heavy atom. The van der Waals surface area contributed by atoms with Crippen LogP contribution in [0.2, 0.25) is 0 Å². The van der Waals surface area contributed by atoms with Crippen molar-refractivity contribution in [1.29, 1.82) is 0 Å². The molecule has 80 valence electrons. The van der Waals surface area contributed by atoms with Crippen molar-refractivity contribution in [2.45, 2.75) is 5.54 Å². The van der Waals surface area contributed by atoms with E-state index in [1.165, 1.54) is 0 Å². The fourth-order valence-electron chi connectivity index (χ4n) is 1.25. The van der Waals surface area contributed by atoms with Gasteiger partial charge in [0.1, 0.15) is 0 Å². The SMILES string of the molecule is COCC(N)(CO)c1ccccc1.Cl. The number of nitrogens with two attached hydrogens (primary N) is 1. The molecular formula is C10H16ClNO2. The molecule has 0 radical (unpaired) electrons. The van der Waals surface area contributed by atoms with Crippen LogP contribution in [0.15, 0.2) is 30.3 Å². The van der Waals surface area contributed by atoms with Crippen LogP contribution in [-0.4, -0.2) is 25.4 Å². The number of hydrogen-bond donors (Lipinski definition) is 2. The van der Waals surface area contributed by atoms with Gasteiger partial charge >= 0.3 is 0 Å². The van der Waals surface area contributed by atoms with E-state index < -0.39 is 5.54 Å². The van der Waals surface area contributed by atoms with E-state index in [-0.39, 0.29) is 19.0 Å². The van der Waals surface area contributed by atoms with Gasteiger partial charge in [0.15, 0.2) is 0 Å². The summed E-state index contributed by atoms with van der Waals surface area (Å²) in [5, 5.41) is 9.16. The molecular weight excluding hydrogens is 202 g/mol. The van der Waals surface area contributed by atoms with Gasteiger partial charge in [0.25, 0.3) is 0 Å². The van der Waals surface area contributed by atoms with E-state index in [1.54, 1.807) is 7.11 Å². The Hall–Kier alpha value is -0.610. The largest absolute Gasteiger partial charge is 0.394 e. The second-order valence-corrected chi connectivity index (χ2v) is 3.11. The molecule has 1 atom stereocenters. The van der Waals surface area contributed by atoms with Crippen LogP contribution >= 0.6 is 12.4 Å². The Balaban J connectivity index is 0.00000169. The summed E-state index contributed by atoms with van der Waals surface area (Å²) in [5.41, 5.74) is 6.06. The van der Waals surface area contributed by atoms with E-state index in [9.17, 15) is 0 Å². The van der Waals surface area contributed by atoms with Gasteiger partial charge in [-0.15, -0.1) is 12.4 Å². The third kappa shape index (κ3) is 2.96. The predicted octanol–water partition coefficient (Wildman–Crippen LogP) is 0.901. The lowest BCUT2D eigenvalue weighted by Gasteiger charge is -2.26. The number of halogens is 1. The summed E-state index contributed by atoms with van der Waals surface area (Å²) in [6.45, 7) is 0.193. The Morgan fingerprint density at radius 3 is 2.36 bits per heavy atom. The van der Waals surface area contributed by atoms with E-state index in [4.69, 9.17) is 15.6 Å². The minimum Gasteiger partial charge on any atom is -0.394 e. The summed E-state index contributed by atoms with van der Waals surface area (Å²) in [5.74, 6) is 0. The standard InChI is InChI=1S/C10H15NO2.ClH/c1-13-8-10(11,7-12)9-5-3-2-4-6-9;/h2-6,12H,7-8,11H2,1H3;1H. The maximum Gasteiger partial charge on any atom is 0.0880 e. The number of aliphatic hydroxyl groups is 1. The molecule has 0 aromatic heterocycles. The van der Waals surface area contributed by atoms with Crippen molar-refractivity contribution in [3.8, 4) is 0 Å². The van der Waals surface area contributed by atoms with Gasteiger partial charge in [0.05, 0.1) is 18.8 Å². The molecule has 0 bridgehead atoms. The highest BCUT2D eigenvalue weighted by atomic mass is 35.5. The fourth-order valence-corrected chi connectivity index (χ4v) is 1.25. The Labute approximate surface area is 90.3 Å². The summed E-state index contributed by atoms with van der Waals surface area (Å²) < 4.78 is 4.97. The monoisotopic (exact) mass is 217 g/mol. The van der Waals surface area contributed by atoms with Crippen molar-refractivity contribution in [3.63, 3.8) is 0 Å². The topological polar surface area (TPSA) is 55.5 Å². The molecule has 1 aromatic rings. The van der Waals surface area contributed by atoms with Gasteiger partial charge < -0.3 is 15.6 Å². The van der Waals surface area contributed by atoms with Crippen molar-refractivity contribution in [2.24, 2.45) is 5.73 Å². The zero-order valence-corrected chi connectivity index (χ0v) is 8.96. The smallest absolute Gasteiger partial charge is 0.0880 e. The van der Waals surface area contributed by atoms with Crippen molar-refractivity contribution in [3.05, 3.63) is 35.9 Å². The average Bonchev–Trinajstić information content (AvgIpc) is 2.19. The van der Waals surface area contributed by atoms with Crippen LogP contribution in [0.5, 0.6) is 0 Å².